The third kappa shape index (κ3) is 68.5. The molecule has 0 spiro atoms. The quantitative estimate of drug-likeness (QED) is 0.0169. The van der Waals surface area contributed by atoms with Crippen LogP contribution in [0.3, 0.4) is 0 Å². The van der Waals surface area contributed by atoms with Crippen molar-refractivity contribution in [3.05, 3.63) is 97.2 Å². The SMILES string of the molecule is CC/C=C\C/C=C\C/C=C\C/C=C\C/C=C\C/C=C\CCC(=O)OCC(COP(=O)(O)OCC(O)COP(=O)(O)OCC(COC(=O)CCCCCCC/C=C\CCCCCC)OC(=O)CCCCCCCCCCCCCCC)OC(=O)CCCCCCC/C=C\CCCC. The molecule has 0 aliphatic carbocycles. The number of aliphatic hydroxyl groups excluding tert-OH is 1. The highest BCUT2D eigenvalue weighted by Crippen LogP contribution is 2.45. The number of phosphoric ester groups is 2. The number of phosphoric acid groups is 2. The smallest absolute Gasteiger partial charge is 0.462 e. The summed E-state index contributed by atoms with van der Waals surface area (Å²) in [7, 11) is -9.96. The zero-order valence-corrected chi connectivity index (χ0v) is 62.1. The maximum Gasteiger partial charge on any atom is 0.472 e. The molecule has 554 valence electrons. The Kier molecular flexibility index (Phi) is 66.6. The van der Waals surface area contributed by atoms with Crippen molar-refractivity contribution in [1.82, 2.24) is 0 Å². The molecule has 5 atom stereocenters. The molecule has 0 bridgehead atoms. The fourth-order valence-electron chi connectivity index (χ4n) is 9.81. The van der Waals surface area contributed by atoms with E-state index in [1.54, 1.807) is 0 Å². The molecule has 0 saturated heterocycles. The molecule has 19 heteroatoms. The number of hydrogen-bond acceptors (Lipinski definition) is 15. The van der Waals surface area contributed by atoms with E-state index >= 15 is 0 Å². The van der Waals surface area contributed by atoms with E-state index in [0.29, 0.717) is 32.1 Å². The van der Waals surface area contributed by atoms with Crippen molar-refractivity contribution in [2.45, 2.75) is 329 Å². The first-order chi connectivity index (χ1) is 46.7. The van der Waals surface area contributed by atoms with Crippen LogP contribution < -0.4 is 0 Å². The second-order valence-corrected chi connectivity index (χ2v) is 27.8. The van der Waals surface area contributed by atoms with Crippen LogP contribution in [0.1, 0.15) is 310 Å². The Morgan fingerprint density at radius 2 is 0.573 bits per heavy atom. The lowest BCUT2D eigenvalue weighted by molar-refractivity contribution is -0.161. The summed E-state index contributed by atoms with van der Waals surface area (Å²) in [6.07, 6.45) is 71.4. The van der Waals surface area contributed by atoms with Crippen LogP contribution in [0.25, 0.3) is 0 Å². The summed E-state index contributed by atoms with van der Waals surface area (Å²) in [5.74, 6) is -2.28. The molecule has 0 rings (SSSR count). The first-order valence-electron chi connectivity index (χ1n) is 37.5. The molecule has 3 N–H and O–H groups in total. The van der Waals surface area contributed by atoms with Crippen LogP contribution in [-0.2, 0) is 65.4 Å². The topological polar surface area (TPSA) is 237 Å². The number of aliphatic hydroxyl groups is 1. The molecule has 0 aromatic carbocycles. The van der Waals surface area contributed by atoms with Gasteiger partial charge in [-0.3, -0.25) is 37.3 Å². The summed E-state index contributed by atoms with van der Waals surface area (Å²) in [5, 5.41) is 10.6. The van der Waals surface area contributed by atoms with Crippen molar-refractivity contribution < 1.29 is 80.2 Å². The summed E-state index contributed by atoms with van der Waals surface area (Å²) in [6.45, 7) is 4.61. The molecule has 0 saturated carbocycles. The molecular weight excluding hydrogens is 1260 g/mol. The predicted molar refractivity (Wildman–Crippen MR) is 390 cm³/mol. The fourth-order valence-corrected chi connectivity index (χ4v) is 11.4. The van der Waals surface area contributed by atoms with Gasteiger partial charge in [0.2, 0.25) is 0 Å². The van der Waals surface area contributed by atoms with Crippen molar-refractivity contribution in [3.63, 3.8) is 0 Å². The Bertz CT molecular complexity index is 2200. The second kappa shape index (κ2) is 69.5. The van der Waals surface area contributed by atoms with E-state index in [0.717, 1.165) is 135 Å². The predicted octanol–water partition coefficient (Wildman–Crippen LogP) is 21.2. The van der Waals surface area contributed by atoms with E-state index in [1.165, 1.54) is 89.9 Å². The average molecular weight is 1390 g/mol. The highest BCUT2D eigenvalue weighted by molar-refractivity contribution is 7.47. The number of hydrogen-bond donors (Lipinski definition) is 3. The number of rotatable bonds is 70. The normalized spacial score (nSPS) is 14.5. The second-order valence-electron chi connectivity index (χ2n) is 24.9. The van der Waals surface area contributed by atoms with Crippen molar-refractivity contribution in [3.8, 4) is 0 Å². The first kappa shape index (κ1) is 92.0. The third-order valence-electron chi connectivity index (χ3n) is 15.5. The van der Waals surface area contributed by atoms with Crippen LogP contribution >= 0.6 is 15.6 Å². The summed E-state index contributed by atoms with van der Waals surface area (Å²) in [6, 6.07) is 0. The Morgan fingerprint density at radius 3 is 0.938 bits per heavy atom. The molecule has 0 aliphatic heterocycles. The molecule has 5 unspecified atom stereocenters. The maximum absolute atomic E-state index is 13.0. The summed E-state index contributed by atoms with van der Waals surface area (Å²) >= 11 is 0. The van der Waals surface area contributed by atoms with Crippen molar-refractivity contribution in [2.24, 2.45) is 0 Å². The van der Waals surface area contributed by atoms with Crippen LogP contribution in [-0.4, -0.2) is 96.7 Å². The number of unbranched alkanes of at least 4 members (excludes halogenated alkanes) is 28. The first-order valence-corrected chi connectivity index (χ1v) is 40.5. The number of allylic oxidation sites excluding steroid dienone is 16. The van der Waals surface area contributed by atoms with Gasteiger partial charge in [-0.15, -0.1) is 0 Å². The van der Waals surface area contributed by atoms with E-state index in [1.807, 2.05) is 18.2 Å². The molecule has 0 fully saturated rings. The minimum absolute atomic E-state index is 0.0347. The van der Waals surface area contributed by atoms with E-state index in [-0.39, 0.29) is 25.7 Å². The fraction of sp³-hybridized carbons (Fsp3) is 0.740. The lowest BCUT2D eigenvalue weighted by Crippen LogP contribution is -2.30. The summed E-state index contributed by atoms with van der Waals surface area (Å²) in [4.78, 5) is 72.7. The van der Waals surface area contributed by atoms with E-state index < -0.39 is 97.5 Å². The van der Waals surface area contributed by atoms with Gasteiger partial charge in [-0.25, -0.2) is 9.13 Å². The zero-order valence-electron chi connectivity index (χ0n) is 60.3. The van der Waals surface area contributed by atoms with Gasteiger partial charge in [0, 0.05) is 25.7 Å². The highest BCUT2D eigenvalue weighted by atomic mass is 31.2. The minimum atomic E-state index is -4.99. The van der Waals surface area contributed by atoms with Gasteiger partial charge in [-0.2, -0.15) is 0 Å². The molecule has 0 amide bonds. The van der Waals surface area contributed by atoms with Gasteiger partial charge in [-0.1, -0.05) is 273 Å². The van der Waals surface area contributed by atoms with Crippen molar-refractivity contribution in [1.29, 1.82) is 0 Å². The Balaban J connectivity index is 5.36. The third-order valence-corrected chi connectivity index (χ3v) is 17.4. The maximum atomic E-state index is 13.0. The van der Waals surface area contributed by atoms with Crippen molar-refractivity contribution >= 4 is 39.5 Å². The average Bonchev–Trinajstić information content (AvgIpc) is 1.11. The van der Waals surface area contributed by atoms with Gasteiger partial charge in [-0.05, 0) is 109 Å². The van der Waals surface area contributed by atoms with Gasteiger partial charge in [0.05, 0.1) is 26.4 Å². The van der Waals surface area contributed by atoms with E-state index in [9.17, 15) is 43.2 Å². The van der Waals surface area contributed by atoms with Crippen LogP contribution in [0.15, 0.2) is 97.2 Å². The van der Waals surface area contributed by atoms with Crippen LogP contribution in [0.4, 0.5) is 0 Å². The Hall–Kier alpha value is -4.02. The zero-order chi connectivity index (χ0) is 70.4. The van der Waals surface area contributed by atoms with E-state index in [4.69, 9.17) is 37.0 Å². The number of esters is 4. The summed E-state index contributed by atoms with van der Waals surface area (Å²) in [5.41, 5.74) is 0. The molecule has 0 radical (unpaired) electrons. The van der Waals surface area contributed by atoms with Gasteiger partial charge in [0.25, 0.3) is 0 Å². The van der Waals surface area contributed by atoms with Crippen molar-refractivity contribution in [2.75, 3.05) is 39.6 Å². The van der Waals surface area contributed by atoms with Crippen LogP contribution in [0.2, 0.25) is 0 Å². The van der Waals surface area contributed by atoms with Gasteiger partial charge in [0.1, 0.15) is 19.3 Å². The van der Waals surface area contributed by atoms with E-state index in [2.05, 4.69) is 107 Å². The number of carbonyl (C=O) groups is 4. The largest absolute Gasteiger partial charge is 0.472 e. The Labute approximate surface area is 582 Å². The molecule has 0 heterocycles. The van der Waals surface area contributed by atoms with Crippen LogP contribution in [0.5, 0.6) is 0 Å². The molecule has 17 nitrogen and oxygen atoms in total. The molecule has 96 heavy (non-hydrogen) atoms. The monoisotopic (exact) mass is 1390 g/mol. The van der Waals surface area contributed by atoms with Gasteiger partial charge >= 0.3 is 39.5 Å². The lowest BCUT2D eigenvalue weighted by atomic mass is 10.0. The molecule has 0 aromatic rings. The Morgan fingerprint density at radius 1 is 0.302 bits per heavy atom. The molecule has 0 aromatic heterocycles. The number of carbonyl (C=O) groups excluding carboxylic acids is 4. The summed E-state index contributed by atoms with van der Waals surface area (Å²) < 4.78 is 68.3. The molecular formula is C77H134O17P2. The number of ether oxygens (including phenoxy) is 4. The lowest BCUT2D eigenvalue weighted by Gasteiger charge is -2.21. The minimum Gasteiger partial charge on any atom is -0.462 e. The van der Waals surface area contributed by atoms with Gasteiger partial charge in [0.15, 0.2) is 12.2 Å². The highest BCUT2D eigenvalue weighted by Gasteiger charge is 2.30. The van der Waals surface area contributed by atoms with Crippen LogP contribution in [0, 0.1) is 0 Å². The molecule has 0 aliphatic rings. The standard InChI is InChI=1S/C77H134O17P2/c1-5-9-13-17-21-25-29-32-33-34-35-36-37-40-43-46-50-54-58-62-75(80)88-67-72(93-76(81)63-59-55-51-47-41-28-24-20-16-12-8-4)69-91-95(83,84)89-65-71(78)66-90-96(85,86)92-70-73(94-77(82)64-60-56-52-48-44-39-31-27-23-19-15-11-7-3)68-87-74(79)61-57-53-49-45-42-38-30-26-22-18-14-10-6-2/h9,13,20-21,24-26,30,32-33,35-36,40,43,50,54,71-73,78H,5-8,10-12,14-19,22-23,27-29,31,34,37-39,41-42,44-49,51-53,55-70H2,1-4H3,(H,83,84)(H,85,86)/b13-9-,24-20-,25-21-,30-26-,33-32-,36-35-,43-40-,54-50-. The van der Waals surface area contributed by atoms with Gasteiger partial charge < -0.3 is 33.8 Å².